The lowest BCUT2D eigenvalue weighted by molar-refractivity contribution is -0.137. The van der Waals surface area contributed by atoms with E-state index in [-0.39, 0.29) is 24.2 Å². The number of rotatable bonds is 5. The summed E-state index contributed by atoms with van der Waals surface area (Å²) in [7, 11) is 1.53. The molecule has 1 aliphatic heterocycles. The van der Waals surface area contributed by atoms with Crippen LogP contribution in [0.3, 0.4) is 0 Å². The predicted octanol–water partition coefficient (Wildman–Crippen LogP) is 4.13. The first-order valence-electron chi connectivity index (χ1n) is 9.65. The van der Waals surface area contributed by atoms with Crippen LogP contribution in [0.25, 0.3) is 0 Å². The van der Waals surface area contributed by atoms with Gasteiger partial charge in [-0.2, -0.15) is 13.2 Å². The van der Waals surface area contributed by atoms with Crippen molar-refractivity contribution < 1.29 is 27.5 Å². The van der Waals surface area contributed by atoms with Crippen LogP contribution in [0.15, 0.2) is 48.5 Å². The van der Waals surface area contributed by atoms with Crippen molar-refractivity contribution in [2.24, 2.45) is 5.92 Å². The number of benzene rings is 2. The molecule has 8 heteroatoms. The van der Waals surface area contributed by atoms with Crippen LogP contribution in [-0.2, 0) is 22.2 Å². The summed E-state index contributed by atoms with van der Waals surface area (Å²) in [5.41, 5.74) is 0.399. The van der Waals surface area contributed by atoms with Crippen LogP contribution >= 0.6 is 0 Å². The van der Waals surface area contributed by atoms with Gasteiger partial charge in [-0.05, 0) is 42.7 Å². The summed E-state index contributed by atoms with van der Waals surface area (Å²) in [6, 6.07) is 11.8. The van der Waals surface area contributed by atoms with Gasteiger partial charge in [0.1, 0.15) is 5.75 Å². The third-order valence-electron chi connectivity index (χ3n) is 5.22. The number of alkyl halides is 3. The molecule has 1 aliphatic rings. The Morgan fingerprint density at radius 3 is 2.30 bits per heavy atom. The zero-order valence-corrected chi connectivity index (χ0v) is 16.5. The number of anilines is 1. The van der Waals surface area contributed by atoms with Crippen LogP contribution in [0, 0.1) is 5.92 Å². The molecule has 1 N–H and O–H groups in total. The second-order valence-corrected chi connectivity index (χ2v) is 7.22. The molecule has 0 aromatic heterocycles. The Hall–Kier alpha value is -3.03. The lowest BCUT2D eigenvalue weighted by Crippen LogP contribution is -2.42. The first-order valence-corrected chi connectivity index (χ1v) is 9.65. The van der Waals surface area contributed by atoms with E-state index < -0.39 is 11.7 Å². The van der Waals surface area contributed by atoms with E-state index in [0.29, 0.717) is 42.9 Å². The normalized spacial score (nSPS) is 15.0. The number of nitrogens with one attached hydrogen (secondary N) is 1. The second kappa shape index (κ2) is 9.19. The third kappa shape index (κ3) is 5.31. The van der Waals surface area contributed by atoms with Gasteiger partial charge >= 0.3 is 6.18 Å². The van der Waals surface area contributed by atoms with Crippen molar-refractivity contribution in [3.63, 3.8) is 0 Å². The summed E-state index contributed by atoms with van der Waals surface area (Å²) in [6.45, 7) is 0.868. The van der Waals surface area contributed by atoms with Gasteiger partial charge in [0.25, 0.3) is 0 Å². The summed E-state index contributed by atoms with van der Waals surface area (Å²) >= 11 is 0. The van der Waals surface area contributed by atoms with E-state index >= 15 is 0 Å². The molecule has 2 aromatic rings. The van der Waals surface area contributed by atoms with Gasteiger partial charge in [0.15, 0.2) is 0 Å². The Balaban J connectivity index is 1.51. The molecule has 0 bridgehead atoms. The monoisotopic (exact) mass is 420 g/mol. The molecule has 3 rings (SSSR count). The lowest BCUT2D eigenvalue weighted by atomic mass is 9.95. The number of nitrogens with zero attached hydrogens (tertiary/aromatic N) is 1. The number of carbonyl (C=O) groups excluding carboxylic acids is 2. The third-order valence-corrected chi connectivity index (χ3v) is 5.22. The van der Waals surface area contributed by atoms with Gasteiger partial charge in [-0.25, -0.2) is 0 Å². The zero-order valence-electron chi connectivity index (χ0n) is 16.5. The highest BCUT2D eigenvalue weighted by Gasteiger charge is 2.30. The number of methoxy groups -OCH3 is 1. The van der Waals surface area contributed by atoms with E-state index in [0.717, 1.165) is 12.1 Å². The summed E-state index contributed by atoms with van der Waals surface area (Å²) in [6.07, 6.45) is -3.30. The van der Waals surface area contributed by atoms with Gasteiger partial charge < -0.3 is 15.0 Å². The first-order chi connectivity index (χ1) is 14.3. The molecule has 30 heavy (non-hydrogen) atoms. The number of carbonyl (C=O) groups is 2. The van der Waals surface area contributed by atoms with Crippen LogP contribution < -0.4 is 10.1 Å². The van der Waals surface area contributed by atoms with E-state index in [1.165, 1.54) is 19.2 Å². The number of piperidine rings is 1. The van der Waals surface area contributed by atoms with Crippen LogP contribution in [0.4, 0.5) is 18.9 Å². The SMILES string of the molecule is COc1ccccc1NC(=O)C1CCN(C(=O)Cc2ccc(C(F)(F)F)cc2)CC1. The number of ether oxygens (including phenoxy) is 1. The molecular formula is C22H23F3N2O3. The fraction of sp³-hybridized carbons (Fsp3) is 0.364. The Morgan fingerprint density at radius 1 is 1.07 bits per heavy atom. The second-order valence-electron chi connectivity index (χ2n) is 7.22. The van der Waals surface area contributed by atoms with Crippen molar-refractivity contribution in [2.75, 3.05) is 25.5 Å². The summed E-state index contributed by atoms with van der Waals surface area (Å²) in [4.78, 5) is 26.7. The standard InChI is InChI=1S/C22H23F3N2O3/c1-30-19-5-3-2-4-18(19)26-21(29)16-10-12-27(13-11-16)20(28)14-15-6-8-17(9-7-15)22(23,24)25/h2-9,16H,10-14H2,1H3,(H,26,29). The van der Waals surface area contributed by atoms with Crippen molar-refractivity contribution in [1.82, 2.24) is 4.90 Å². The van der Waals surface area contributed by atoms with Crippen LogP contribution in [0.5, 0.6) is 5.75 Å². The molecule has 0 atom stereocenters. The minimum atomic E-state index is -4.39. The quantitative estimate of drug-likeness (QED) is 0.791. The van der Waals surface area contributed by atoms with Crippen LogP contribution in [0.1, 0.15) is 24.0 Å². The van der Waals surface area contributed by atoms with E-state index in [2.05, 4.69) is 5.32 Å². The van der Waals surface area contributed by atoms with Gasteiger partial charge in [0.05, 0.1) is 24.8 Å². The van der Waals surface area contributed by atoms with E-state index in [9.17, 15) is 22.8 Å². The van der Waals surface area contributed by atoms with Crippen molar-refractivity contribution in [1.29, 1.82) is 0 Å². The molecule has 0 radical (unpaired) electrons. The minimum Gasteiger partial charge on any atom is -0.495 e. The smallest absolute Gasteiger partial charge is 0.416 e. The maximum atomic E-state index is 12.6. The predicted molar refractivity (Wildman–Crippen MR) is 106 cm³/mol. The largest absolute Gasteiger partial charge is 0.495 e. The maximum Gasteiger partial charge on any atom is 0.416 e. The van der Waals surface area contributed by atoms with Gasteiger partial charge in [0, 0.05) is 19.0 Å². The van der Waals surface area contributed by atoms with E-state index in [1.54, 1.807) is 23.1 Å². The van der Waals surface area contributed by atoms with Crippen LogP contribution in [-0.4, -0.2) is 36.9 Å². The Kier molecular flexibility index (Phi) is 6.64. The van der Waals surface area contributed by atoms with Crippen molar-refractivity contribution >= 4 is 17.5 Å². The fourth-order valence-electron chi connectivity index (χ4n) is 3.47. The lowest BCUT2D eigenvalue weighted by Gasteiger charge is -2.31. The van der Waals surface area contributed by atoms with Crippen molar-refractivity contribution in [3.8, 4) is 5.75 Å². The highest BCUT2D eigenvalue weighted by molar-refractivity contribution is 5.94. The highest BCUT2D eigenvalue weighted by Crippen LogP contribution is 2.29. The van der Waals surface area contributed by atoms with Gasteiger partial charge in [-0.15, -0.1) is 0 Å². The molecular weight excluding hydrogens is 397 g/mol. The average molecular weight is 420 g/mol. The molecule has 2 aromatic carbocycles. The van der Waals surface area contributed by atoms with Crippen LogP contribution in [0.2, 0.25) is 0 Å². The summed E-state index contributed by atoms with van der Waals surface area (Å²) in [5.74, 6) is 0.0905. The Morgan fingerprint density at radius 2 is 1.70 bits per heavy atom. The maximum absolute atomic E-state index is 12.6. The fourth-order valence-corrected chi connectivity index (χ4v) is 3.47. The molecule has 0 spiro atoms. The number of hydrogen-bond acceptors (Lipinski definition) is 3. The van der Waals surface area contributed by atoms with Crippen molar-refractivity contribution in [3.05, 3.63) is 59.7 Å². The first kappa shape index (κ1) is 21.7. The average Bonchev–Trinajstić information content (AvgIpc) is 2.74. The van der Waals surface area contributed by atoms with Crippen molar-refractivity contribution in [2.45, 2.75) is 25.4 Å². The molecule has 2 amide bonds. The number of halogens is 3. The topological polar surface area (TPSA) is 58.6 Å². The number of amides is 2. The molecule has 0 saturated carbocycles. The molecule has 160 valence electrons. The van der Waals surface area contributed by atoms with E-state index in [4.69, 9.17) is 4.74 Å². The molecule has 1 heterocycles. The number of likely N-dealkylation sites (tertiary alicyclic amines) is 1. The number of para-hydroxylation sites is 2. The molecule has 1 fully saturated rings. The molecule has 5 nitrogen and oxygen atoms in total. The zero-order chi connectivity index (χ0) is 21.7. The van der Waals surface area contributed by atoms with Gasteiger partial charge in [0.2, 0.25) is 11.8 Å². The molecule has 0 aliphatic carbocycles. The highest BCUT2D eigenvalue weighted by atomic mass is 19.4. The number of hydrogen-bond donors (Lipinski definition) is 1. The van der Waals surface area contributed by atoms with E-state index in [1.807, 2.05) is 6.07 Å². The van der Waals surface area contributed by atoms with Gasteiger partial charge in [-0.3, -0.25) is 9.59 Å². The Labute approximate surface area is 172 Å². The summed E-state index contributed by atoms with van der Waals surface area (Å²) < 4.78 is 43.2. The summed E-state index contributed by atoms with van der Waals surface area (Å²) in [5, 5.41) is 2.87. The van der Waals surface area contributed by atoms with Gasteiger partial charge in [-0.1, -0.05) is 24.3 Å². The minimum absolute atomic E-state index is 0.0379. The molecule has 1 saturated heterocycles. The Bertz CT molecular complexity index is 889. The molecule has 0 unspecified atom stereocenters.